The van der Waals surface area contributed by atoms with Crippen molar-refractivity contribution in [2.24, 2.45) is 0 Å². The van der Waals surface area contributed by atoms with Crippen LogP contribution >= 0.6 is 0 Å². The van der Waals surface area contributed by atoms with Gasteiger partial charge in [-0.05, 0) is 78.9 Å². The number of hydrogen-bond acceptors (Lipinski definition) is 4. The third-order valence-corrected chi connectivity index (χ3v) is 8.02. The topological polar surface area (TPSA) is 54.1 Å². The van der Waals surface area contributed by atoms with Gasteiger partial charge >= 0.3 is 0 Å². The van der Waals surface area contributed by atoms with E-state index in [1.807, 2.05) is 59.4 Å². The Morgan fingerprint density at radius 1 is 0.744 bits per heavy atom. The molecule has 0 saturated carbocycles. The molecule has 3 heterocycles. The van der Waals surface area contributed by atoms with Gasteiger partial charge < -0.3 is 9.47 Å². The molecule has 0 radical (unpaired) electrons. The summed E-state index contributed by atoms with van der Waals surface area (Å²) in [6.45, 7) is 6.54. The summed E-state index contributed by atoms with van der Waals surface area (Å²) in [5, 5.41) is 6.98. The van der Waals surface area contributed by atoms with E-state index in [0.717, 1.165) is 62.5 Å². The molecule has 7 aromatic rings. The summed E-state index contributed by atoms with van der Waals surface area (Å²) in [6, 6.07) is 30.9. The highest BCUT2D eigenvalue weighted by Gasteiger charge is 2.15. The van der Waals surface area contributed by atoms with Crippen LogP contribution in [0.4, 0.5) is 0 Å². The molecule has 0 aliphatic rings. The van der Waals surface area contributed by atoms with E-state index in [1.54, 1.807) is 13.3 Å². The third-order valence-electron chi connectivity index (χ3n) is 8.02. The van der Waals surface area contributed by atoms with E-state index in [0.29, 0.717) is 0 Å². The smallest absolute Gasteiger partial charge is 0.141 e. The van der Waals surface area contributed by atoms with E-state index in [2.05, 4.69) is 79.0 Å². The molecule has 0 amide bonds. The Morgan fingerprint density at radius 3 is 2.35 bits per heavy atom. The fraction of sp³-hybridized carbons (Fsp3) is 0.135. The van der Waals surface area contributed by atoms with Crippen LogP contribution in [0.15, 0.2) is 110 Å². The van der Waals surface area contributed by atoms with Crippen LogP contribution in [-0.4, -0.2) is 26.4 Å². The van der Waals surface area contributed by atoms with Crippen LogP contribution in [0.2, 0.25) is 0 Å². The number of methoxy groups -OCH3 is 1. The van der Waals surface area contributed by atoms with Gasteiger partial charge in [0.25, 0.3) is 0 Å². The fourth-order valence-corrected chi connectivity index (χ4v) is 6.04. The minimum absolute atomic E-state index is 0.732. The zero-order valence-corrected chi connectivity index (χ0v) is 24.7. The molecule has 0 bridgehead atoms. The van der Waals surface area contributed by atoms with Crippen LogP contribution in [0, 0.1) is 13.8 Å². The molecule has 4 aromatic carbocycles. The molecule has 3 aromatic heterocycles. The maximum absolute atomic E-state index is 6.44. The second-order valence-electron chi connectivity index (χ2n) is 10.8. The van der Waals surface area contributed by atoms with Crippen molar-refractivity contribution < 1.29 is 9.47 Å². The van der Waals surface area contributed by atoms with E-state index >= 15 is 0 Å². The molecule has 0 fully saturated rings. The highest BCUT2D eigenvalue weighted by Crippen LogP contribution is 2.36. The van der Waals surface area contributed by atoms with Gasteiger partial charge in [0.15, 0.2) is 0 Å². The second kappa shape index (κ2) is 10.8. The molecular formula is C37H32N4O2. The van der Waals surface area contributed by atoms with Gasteiger partial charge in [-0.25, -0.2) is 9.67 Å². The molecule has 7 rings (SSSR count). The van der Waals surface area contributed by atoms with Crippen molar-refractivity contribution in [1.82, 2.24) is 19.3 Å². The SMILES string of the molecule is CCc1cc(C)c(-c2cnn(-c3cccc(Oc4ccc5c6ccccc6n(-c6cc(OC)ccn6)c5c4)c3)c2)c(C)c1. The minimum atomic E-state index is 0.732. The van der Waals surface area contributed by atoms with Gasteiger partial charge in [0.2, 0.25) is 0 Å². The summed E-state index contributed by atoms with van der Waals surface area (Å²) in [6.07, 6.45) is 6.82. The Bertz CT molecular complexity index is 2100. The van der Waals surface area contributed by atoms with Crippen LogP contribution in [-0.2, 0) is 6.42 Å². The molecule has 0 saturated heterocycles. The predicted molar refractivity (Wildman–Crippen MR) is 173 cm³/mol. The normalized spacial score (nSPS) is 11.3. The van der Waals surface area contributed by atoms with Crippen molar-refractivity contribution in [3.05, 3.63) is 126 Å². The summed E-state index contributed by atoms with van der Waals surface area (Å²) in [4.78, 5) is 4.66. The molecule has 0 N–H and O–H groups in total. The average Bonchev–Trinajstić information content (AvgIpc) is 3.64. The van der Waals surface area contributed by atoms with Gasteiger partial charge in [0.1, 0.15) is 23.1 Å². The average molecular weight is 565 g/mol. The molecule has 0 spiro atoms. The zero-order valence-electron chi connectivity index (χ0n) is 24.7. The summed E-state index contributed by atoms with van der Waals surface area (Å²) in [7, 11) is 1.67. The molecule has 6 nitrogen and oxygen atoms in total. The molecule has 0 aliphatic carbocycles. The summed E-state index contributed by atoms with van der Waals surface area (Å²) in [5.41, 5.74) is 9.25. The number of aromatic nitrogens is 4. The Hall–Kier alpha value is -5.36. The van der Waals surface area contributed by atoms with E-state index in [1.165, 1.54) is 22.3 Å². The van der Waals surface area contributed by atoms with E-state index < -0.39 is 0 Å². The standard InChI is InChI=1S/C37H32N4O2/c1-5-26-17-24(2)37(25(3)18-26)27-22-39-40(23-27)28-9-8-10-30(19-28)43-31-13-14-33-32-11-6-7-12-34(32)41(35(33)20-31)36-21-29(42-4)15-16-38-36/h6-23H,5H2,1-4H3. The van der Waals surface area contributed by atoms with Crippen LogP contribution < -0.4 is 9.47 Å². The first-order valence-corrected chi connectivity index (χ1v) is 14.5. The maximum Gasteiger partial charge on any atom is 0.141 e. The Labute approximate surface area is 250 Å². The van der Waals surface area contributed by atoms with Crippen molar-refractivity contribution in [3.8, 4) is 39.9 Å². The molecule has 212 valence electrons. The number of aryl methyl sites for hydroxylation is 3. The van der Waals surface area contributed by atoms with Gasteiger partial charge in [-0.3, -0.25) is 4.57 Å². The quantitative estimate of drug-likeness (QED) is 0.194. The largest absolute Gasteiger partial charge is 0.497 e. The van der Waals surface area contributed by atoms with Gasteiger partial charge in [0, 0.05) is 46.9 Å². The van der Waals surface area contributed by atoms with Crippen LogP contribution in [0.5, 0.6) is 17.2 Å². The molecule has 0 unspecified atom stereocenters. The molecule has 0 aliphatic heterocycles. The highest BCUT2D eigenvalue weighted by molar-refractivity contribution is 6.09. The van der Waals surface area contributed by atoms with E-state index in [9.17, 15) is 0 Å². The first-order valence-electron chi connectivity index (χ1n) is 14.5. The van der Waals surface area contributed by atoms with E-state index in [4.69, 9.17) is 14.6 Å². The van der Waals surface area contributed by atoms with Crippen LogP contribution in [0.1, 0.15) is 23.6 Å². The summed E-state index contributed by atoms with van der Waals surface area (Å²) >= 11 is 0. The molecular weight excluding hydrogens is 532 g/mol. The fourth-order valence-electron chi connectivity index (χ4n) is 6.04. The minimum Gasteiger partial charge on any atom is -0.497 e. The maximum atomic E-state index is 6.44. The predicted octanol–water partition coefficient (Wildman–Crippen LogP) is 9.01. The first kappa shape index (κ1) is 26.5. The first-order chi connectivity index (χ1) is 21.0. The van der Waals surface area contributed by atoms with Crippen molar-refractivity contribution >= 4 is 21.8 Å². The lowest BCUT2D eigenvalue weighted by atomic mass is 9.95. The Morgan fingerprint density at radius 2 is 1.53 bits per heavy atom. The molecule has 43 heavy (non-hydrogen) atoms. The third kappa shape index (κ3) is 4.81. The lowest BCUT2D eigenvalue weighted by Crippen LogP contribution is -1.98. The summed E-state index contributed by atoms with van der Waals surface area (Å²) < 4.78 is 16.0. The Balaban J connectivity index is 1.24. The number of pyridine rings is 1. The molecule has 6 heteroatoms. The number of benzene rings is 4. The van der Waals surface area contributed by atoms with Gasteiger partial charge in [-0.1, -0.05) is 43.3 Å². The number of nitrogens with zero attached hydrogens (tertiary/aromatic N) is 4. The number of ether oxygens (including phenoxy) is 2. The summed E-state index contributed by atoms with van der Waals surface area (Å²) in [5.74, 6) is 3.01. The number of fused-ring (bicyclic) bond motifs is 3. The number of hydrogen-bond donors (Lipinski definition) is 0. The van der Waals surface area contributed by atoms with Crippen LogP contribution in [0.3, 0.4) is 0 Å². The lowest BCUT2D eigenvalue weighted by molar-refractivity contribution is 0.414. The zero-order chi connectivity index (χ0) is 29.5. The van der Waals surface area contributed by atoms with Crippen molar-refractivity contribution in [2.45, 2.75) is 27.2 Å². The van der Waals surface area contributed by atoms with Crippen molar-refractivity contribution in [3.63, 3.8) is 0 Å². The van der Waals surface area contributed by atoms with Crippen molar-refractivity contribution in [1.29, 1.82) is 0 Å². The van der Waals surface area contributed by atoms with Gasteiger partial charge in [-0.15, -0.1) is 0 Å². The number of rotatable bonds is 7. The highest BCUT2D eigenvalue weighted by atomic mass is 16.5. The monoisotopic (exact) mass is 564 g/mol. The van der Waals surface area contributed by atoms with E-state index in [-0.39, 0.29) is 0 Å². The lowest BCUT2D eigenvalue weighted by Gasteiger charge is -2.11. The van der Waals surface area contributed by atoms with Gasteiger partial charge in [-0.2, -0.15) is 5.10 Å². The Kier molecular flexibility index (Phi) is 6.67. The van der Waals surface area contributed by atoms with Crippen molar-refractivity contribution in [2.75, 3.05) is 7.11 Å². The number of para-hydroxylation sites is 1. The molecule has 0 atom stereocenters. The van der Waals surface area contributed by atoms with Gasteiger partial charge in [0.05, 0.1) is 30.0 Å². The second-order valence-corrected chi connectivity index (χ2v) is 10.8. The van der Waals surface area contributed by atoms with Crippen LogP contribution in [0.25, 0.3) is 44.4 Å².